The zero-order valence-electron chi connectivity index (χ0n) is 25.4. The van der Waals surface area contributed by atoms with E-state index in [0.29, 0.717) is 36.2 Å². The van der Waals surface area contributed by atoms with Crippen molar-refractivity contribution < 1.29 is 37.4 Å². The van der Waals surface area contributed by atoms with Crippen molar-refractivity contribution in [2.45, 2.75) is 78.3 Å². The zero-order chi connectivity index (χ0) is 32.2. The van der Waals surface area contributed by atoms with Gasteiger partial charge in [0.1, 0.15) is 17.5 Å². The predicted octanol–water partition coefficient (Wildman–Crippen LogP) is 3.25. The number of nitrogens with one attached hydrogen (secondary N) is 3. The molecule has 0 radical (unpaired) electrons. The summed E-state index contributed by atoms with van der Waals surface area (Å²) in [5, 5.41) is 7.69. The largest absolute Gasteiger partial charge is 0.451 e. The molecule has 13 heteroatoms. The molecule has 44 heavy (non-hydrogen) atoms. The SMILES string of the molecule is CC1NC(=O)C(C(C)C)OC(=O)[C@@](C)(COC(F)F)/C=C/c2ccc3ccc(nc3c2)[C@@H](C)NC(=O)C2CCCN(N2)C1=O. The molecular formula is C31H39F2N5O6. The van der Waals surface area contributed by atoms with Crippen LogP contribution in [0.25, 0.3) is 17.0 Å². The Kier molecular flexibility index (Phi) is 10.3. The number of benzene rings is 1. The van der Waals surface area contributed by atoms with E-state index in [9.17, 15) is 28.0 Å². The van der Waals surface area contributed by atoms with Crippen LogP contribution >= 0.6 is 0 Å². The van der Waals surface area contributed by atoms with E-state index >= 15 is 0 Å². The first-order chi connectivity index (χ1) is 20.8. The molecule has 11 nitrogen and oxygen atoms in total. The Balaban J connectivity index is 1.75. The van der Waals surface area contributed by atoms with Gasteiger partial charge in [-0.1, -0.05) is 44.2 Å². The van der Waals surface area contributed by atoms with Crippen LogP contribution in [0.4, 0.5) is 8.78 Å². The van der Waals surface area contributed by atoms with E-state index in [-0.39, 0.29) is 5.91 Å². The topological polar surface area (TPSA) is 139 Å². The second kappa shape index (κ2) is 13.8. The molecule has 2 aromatic rings. The summed E-state index contributed by atoms with van der Waals surface area (Å²) in [7, 11) is 0. The summed E-state index contributed by atoms with van der Waals surface area (Å²) in [5.74, 6) is -2.97. The average Bonchev–Trinajstić information content (AvgIpc) is 2.99. The minimum Gasteiger partial charge on any atom is -0.451 e. The second-order valence-corrected chi connectivity index (χ2v) is 11.9. The van der Waals surface area contributed by atoms with Crippen LogP contribution in [0.2, 0.25) is 0 Å². The molecule has 3 N–H and O–H groups in total. The molecule has 3 heterocycles. The molecule has 0 saturated carbocycles. The zero-order valence-corrected chi connectivity index (χ0v) is 25.4. The molecule has 3 amide bonds. The van der Waals surface area contributed by atoms with Crippen molar-refractivity contribution in [1.82, 2.24) is 26.1 Å². The van der Waals surface area contributed by atoms with E-state index < -0.39 is 66.6 Å². The second-order valence-electron chi connectivity index (χ2n) is 11.9. The lowest BCUT2D eigenvalue weighted by molar-refractivity contribution is -0.179. The maximum atomic E-state index is 13.5. The van der Waals surface area contributed by atoms with Gasteiger partial charge in [-0.25, -0.2) is 5.43 Å². The molecule has 0 spiro atoms. The van der Waals surface area contributed by atoms with Crippen molar-refractivity contribution in [1.29, 1.82) is 0 Å². The number of hydrogen-bond acceptors (Lipinski definition) is 8. The van der Waals surface area contributed by atoms with Crippen LogP contribution in [0.15, 0.2) is 36.4 Å². The molecule has 238 valence electrons. The third-order valence-corrected chi connectivity index (χ3v) is 7.76. The normalized spacial score (nSPS) is 28.2. The molecule has 3 unspecified atom stereocenters. The van der Waals surface area contributed by atoms with Crippen molar-refractivity contribution in [2.75, 3.05) is 13.2 Å². The first kappa shape index (κ1) is 32.9. The van der Waals surface area contributed by atoms with Gasteiger partial charge in [0.05, 0.1) is 23.9 Å². The lowest BCUT2D eigenvalue weighted by atomic mass is 9.90. The number of esters is 1. The highest BCUT2D eigenvalue weighted by Gasteiger charge is 2.39. The van der Waals surface area contributed by atoms with E-state index in [1.807, 2.05) is 18.2 Å². The predicted molar refractivity (Wildman–Crippen MR) is 158 cm³/mol. The summed E-state index contributed by atoms with van der Waals surface area (Å²) in [4.78, 5) is 57.9. The summed E-state index contributed by atoms with van der Waals surface area (Å²) in [5.41, 5.74) is 3.12. The summed E-state index contributed by atoms with van der Waals surface area (Å²) in [6, 6.07) is 6.90. The van der Waals surface area contributed by atoms with Crippen LogP contribution < -0.4 is 16.1 Å². The standard InChI is InChI=1S/C31H39F2N5O6/c1-17(2)25-27(40)35-19(4)28(41)38-14-6-7-23(37-38)26(39)34-18(3)22-11-10-21-9-8-20(15-24(21)36-22)12-13-31(5,29(42)44-25)16-43-30(32)33/h8-13,15,17-19,23,25,30,37H,6-7,14,16H2,1-5H3,(H,34,39)(H,35,40)/b13-12+/t18-,19?,23?,25?,31-/m1/s1. The lowest BCUT2D eigenvalue weighted by Gasteiger charge is -2.35. The Morgan fingerprint density at radius 2 is 1.77 bits per heavy atom. The van der Waals surface area contributed by atoms with Crippen LogP contribution in [0.3, 0.4) is 0 Å². The van der Waals surface area contributed by atoms with Crippen LogP contribution in [0, 0.1) is 11.3 Å². The fourth-order valence-corrected chi connectivity index (χ4v) is 5.04. The number of halogens is 2. The third kappa shape index (κ3) is 7.75. The number of fused-ring (bicyclic) bond motifs is 4. The highest BCUT2D eigenvalue weighted by atomic mass is 19.3. The summed E-state index contributed by atoms with van der Waals surface area (Å²) >= 11 is 0. The van der Waals surface area contributed by atoms with Gasteiger partial charge < -0.3 is 20.1 Å². The van der Waals surface area contributed by atoms with Crippen LogP contribution in [0.5, 0.6) is 0 Å². The number of ether oxygens (including phenoxy) is 2. The number of nitrogens with zero attached hydrogens (tertiary/aromatic N) is 2. The van der Waals surface area contributed by atoms with Gasteiger partial charge in [-0.3, -0.25) is 29.2 Å². The fraction of sp³-hybridized carbons (Fsp3) is 0.516. The first-order valence-corrected chi connectivity index (χ1v) is 14.7. The van der Waals surface area contributed by atoms with E-state index in [1.54, 1.807) is 39.0 Å². The van der Waals surface area contributed by atoms with Crippen molar-refractivity contribution in [3.05, 3.63) is 47.7 Å². The molecule has 1 fully saturated rings. The number of cyclic esters (lactones) is 1. The van der Waals surface area contributed by atoms with E-state index in [2.05, 4.69) is 20.8 Å². The van der Waals surface area contributed by atoms with Gasteiger partial charge in [-0.15, -0.1) is 0 Å². The van der Waals surface area contributed by atoms with Gasteiger partial charge >= 0.3 is 12.6 Å². The lowest BCUT2D eigenvalue weighted by Crippen LogP contribution is -2.61. The smallest absolute Gasteiger partial charge is 0.345 e. The minimum absolute atomic E-state index is 0.298. The number of aromatic nitrogens is 1. The Bertz CT molecular complexity index is 1440. The Hall–Kier alpha value is -3.97. The van der Waals surface area contributed by atoms with Gasteiger partial charge in [0.2, 0.25) is 5.91 Å². The number of carbonyl (C=O) groups excluding carboxylic acids is 4. The van der Waals surface area contributed by atoms with Gasteiger partial charge in [0.15, 0.2) is 6.10 Å². The van der Waals surface area contributed by atoms with Crippen molar-refractivity contribution in [3.8, 4) is 0 Å². The minimum atomic E-state index is -3.14. The van der Waals surface area contributed by atoms with Gasteiger partial charge in [-0.2, -0.15) is 8.78 Å². The molecule has 0 aliphatic carbocycles. The number of alkyl halides is 2. The molecule has 2 aliphatic heterocycles. The monoisotopic (exact) mass is 615 g/mol. The number of pyridine rings is 1. The van der Waals surface area contributed by atoms with Crippen LogP contribution in [0.1, 0.15) is 64.8 Å². The highest BCUT2D eigenvalue weighted by molar-refractivity contribution is 5.91. The summed E-state index contributed by atoms with van der Waals surface area (Å²) in [6.45, 7) is 4.46. The molecule has 1 aromatic heterocycles. The van der Waals surface area contributed by atoms with Crippen LogP contribution in [-0.4, -0.2) is 71.6 Å². The number of hydrazine groups is 1. The Morgan fingerprint density at radius 3 is 2.48 bits per heavy atom. The molecular weight excluding hydrogens is 576 g/mol. The summed E-state index contributed by atoms with van der Waals surface area (Å²) < 4.78 is 36.3. The van der Waals surface area contributed by atoms with Gasteiger partial charge in [0.25, 0.3) is 11.8 Å². The maximum Gasteiger partial charge on any atom is 0.345 e. The fourth-order valence-electron chi connectivity index (χ4n) is 5.04. The average molecular weight is 616 g/mol. The molecule has 2 aliphatic rings. The number of hydrogen-bond donors (Lipinski definition) is 3. The maximum absolute atomic E-state index is 13.5. The Labute approximate surface area is 254 Å². The summed E-state index contributed by atoms with van der Waals surface area (Å²) in [6.07, 6.45) is 2.70. The van der Waals surface area contributed by atoms with E-state index in [4.69, 9.17) is 9.72 Å². The number of amides is 3. The van der Waals surface area contributed by atoms with E-state index in [1.165, 1.54) is 24.9 Å². The van der Waals surface area contributed by atoms with E-state index in [0.717, 1.165) is 5.39 Å². The first-order valence-electron chi connectivity index (χ1n) is 14.7. The molecule has 1 aromatic carbocycles. The quantitative estimate of drug-likeness (QED) is 0.446. The number of rotatable bonds is 4. The van der Waals surface area contributed by atoms with Crippen LogP contribution in [-0.2, 0) is 28.7 Å². The van der Waals surface area contributed by atoms with Crippen molar-refractivity contribution in [3.63, 3.8) is 0 Å². The van der Waals surface area contributed by atoms with Crippen molar-refractivity contribution >= 4 is 40.7 Å². The van der Waals surface area contributed by atoms with Gasteiger partial charge in [-0.05, 0) is 57.2 Å². The highest BCUT2D eigenvalue weighted by Crippen LogP contribution is 2.27. The van der Waals surface area contributed by atoms with Gasteiger partial charge in [0, 0.05) is 11.9 Å². The Morgan fingerprint density at radius 1 is 1.07 bits per heavy atom. The molecule has 5 atom stereocenters. The molecule has 1 saturated heterocycles. The third-order valence-electron chi connectivity index (χ3n) is 7.76. The number of carbonyl (C=O) groups is 4. The molecule has 5 bridgehead atoms. The molecule has 4 rings (SSSR count). The van der Waals surface area contributed by atoms with Crippen molar-refractivity contribution in [2.24, 2.45) is 11.3 Å².